The molecule has 0 saturated heterocycles. The van der Waals surface area contributed by atoms with E-state index in [-0.39, 0.29) is 12.3 Å². The van der Waals surface area contributed by atoms with Crippen molar-refractivity contribution in [1.29, 1.82) is 0 Å². The molecule has 0 radical (unpaired) electrons. The molecule has 0 atom stereocenters. The second-order valence-electron chi connectivity index (χ2n) is 5.39. The van der Waals surface area contributed by atoms with E-state index in [0.717, 1.165) is 11.5 Å². The number of carbonyl (C=O) groups excluding carboxylic acids is 1. The predicted octanol–water partition coefficient (Wildman–Crippen LogP) is 3.78. The van der Waals surface area contributed by atoms with Gasteiger partial charge in [-0.2, -0.15) is 0 Å². The molecule has 3 rings (SSSR count). The quantitative estimate of drug-likeness (QED) is 0.704. The maximum absolute atomic E-state index is 12.2. The number of thiazole rings is 1. The van der Waals surface area contributed by atoms with Gasteiger partial charge in [0.05, 0.1) is 19.2 Å². The standard InChI is InChI=1S/C18H18N4O2S/c1-12-5-3-8-16(19-12)22-18-21-14(11-25-18)10-17(23)20-13-6-4-7-15(9-13)24-2/h3-9,11H,10H2,1-2H3,(H,20,23)(H,19,21,22). The fourth-order valence-electron chi connectivity index (χ4n) is 2.24. The SMILES string of the molecule is COc1cccc(NC(=O)Cc2csc(Nc3cccc(C)n3)n2)c1. The zero-order valence-corrected chi connectivity index (χ0v) is 14.8. The van der Waals surface area contributed by atoms with Crippen LogP contribution in [-0.2, 0) is 11.2 Å². The number of nitrogens with zero attached hydrogens (tertiary/aromatic N) is 2. The zero-order valence-electron chi connectivity index (χ0n) is 13.9. The molecule has 0 spiro atoms. The Kier molecular flexibility index (Phi) is 5.25. The highest BCUT2D eigenvalue weighted by molar-refractivity contribution is 7.13. The second kappa shape index (κ2) is 7.76. The number of methoxy groups -OCH3 is 1. The van der Waals surface area contributed by atoms with E-state index >= 15 is 0 Å². The molecule has 1 aromatic carbocycles. The number of rotatable bonds is 6. The molecule has 25 heavy (non-hydrogen) atoms. The van der Waals surface area contributed by atoms with Gasteiger partial charge in [-0.15, -0.1) is 11.3 Å². The van der Waals surface area contributed by atoms with Gasteiger partial charge in [-0.3, -0.25) is 4.79 Å². The predicted molar refractivity (Wildman–Crippen MR) is 99.7 cm³/mol. The average molecular weight is 354 g/mol. The van der Waals surface area contributed by atoms with Gasteiger partial charge in [0.1, 0.15) is 11.6 Å². The monoisotopic (exact) mass is 354 g/mol. The summed E-state index contributed by atoms with van der Waals surface area (Å²) in [6, 6.07) is 13.0. The van der Waals surface area contributed by atoms with E-state index in [4.69, 9.17) is 4.74 Å². The summed E-state index contributed by atoms with van der Waals surface area (Å²) in [5.74, 6) is 1.31. The molecular formula is C18H18N4O2S. The van der Waals surface area contributed by atoms with Crippen LogP contribution in [0.5, 0.6) is 5.75 Å². The minimum atomic E-state index is -0.126. The van der Waals surface area contributed by atoms with Gasteiger partial charge in [-0.1, -0.05) is 12.1 Å². The van der Waals surface area contributed by atoms with Crippen LogP contribution in [0.15, 0.2) is 47.8 Å². The van der Waals surface area contributed by atoms with Gasteiger partial charge in [-0.05, 0) is 31.2 Å². The number of nitrogens with one attached hydrogen (secondary N) is 2. The zero-order chi connectivity index (χ0) is 17.6. The van der Waals surface area contributed by atoms with Crippen LogP contribution in [0.4, 0.5) is 16.6 Å². The summed E-state index contributed by atoms with van der Waals surface area (Å²) in [4.78, 5) is 21.0. The van der Waals surface area contributed by atoms with Crippen molar-refractivity contribution in [2.24, 2.45) is 0 Å². The van der Waals surface area contributed by atoms with Crippen molar-refractivity contribution in [2.75, 3.05) is 17.7 Å². The summed E-state index contributed by atoms with van der Waals surface area (Å²) in [6.07, 6.45) is 0.205. The fourth-order valence-corrected chi connectivity index (χ4v) is 2.96. The van der Waals surface area contributed by atoms with E-state index in [0.29, 0.717) is 22.3 Å². The Morgan fingerprint density at radius 1 is 1.20 bits per heavy atom. The molecule has 2 heterocycles. The lowest BCUT2D eigenvalue weighted by atomic mass is 10.2. The first-order chi connectivity index (χ1) is 12.1. The van der Waals surface area contributed by atoms with Gasteiger partial charge < -0.3 is 15.4 Å². The van der Waals surface area contributed by atoms with E-state index < -0.39 is 0 Å². The van der Waals surface area contributed by atoms with E-state index in [9.17, 15) is 4.79 Å². The van der Waals surface area contributed by atoms with Gasteiger partial charge in [0, 0.05) is 22.8 Å². The number of aromatic nitrogens is 2. The number of amides is 1. The van der Waals surface area contributed by atoms with Crippen molar-refractivity contribution in [3.8, 4) is 5.75 Å². The largest absolute Gasteiger partial charge is 0.497 e. The Morgan fingerprint density at radius 2 is 2.04 bits per heavy atom. The molecule has 0 aliphatic rings. The van der Waals surface area contributed by atoms with E-state index in [1.165, 1.54) is 11.3 Å². The van der Waals surface area contributed by atoms with Gasteiger partial charge in [0.25, 0.3) is 0 Å². The first-order valence-corrected chi connectivity index (χ1v) is 8.59. The van der Waals surface area contributed by atoms with E-state index in [1.54, 1.807) is 13.2 Å². The maximum atomic E-state index is 12.2. The van der Waals surface area contributed by atoms with Crippen molar-refractivity contribution < 1.29 is 9.53 Å². The van der Waals surface area contributed by atoms with Gasteiger partial charge in [-0.25, -0.2) is 9.97 Å². The molecule has 2 aromatic heterocycles. The Labute approximate surface area is 149 Å². The van der Waals surface area contributed by atoms with Gasteiger partial charge in [0.15, 0.2) is 5.13 Å². The molecule has 0 aliphatic carbocycles. The minimum Gasteiger partial charge on any atom is -0.497 e. The van der Waals surface area contributed by atoms with Crippen LogP contribution < -0.4 is 15.4 Å². The summed E-state index contributed by atoms with van der Waals surface area (Å²) >= 11 is 1.44. The van der Waals surface area contributed by atoms with Crippen molar-refractivity contribution in [2.45, 2.75) is 13.3 Å². The minimum absolute atomic E-state index is 0.126. The van der Waals surface area contributed by atoms with Crippen LogP contribution in [0.1, 0.15) is 11.4 Å². The summed E-state index contributed by atoms with van der Waals surface area (Å²) in [5, 5.41) is 8.57. The number of aryl methyl sites for hydroxylation is 1. The number of hydrogen-bond acceptors (Lipinski definition) is 6. The van der Waals surface area contributed by atoms with Crippen molar-refractivity contribution in [3.63, 3.8) is 0 Å². The van der Waals surface area contributed by atoms with Crippen LogP contribution in [-0.4, -0.2) is 23.0 Å². The number of pyridine rings is 1. The highest BCUT2D eigenvalue weighted by Crippen LogP contribution is 2.21. The fraction of sp³-hybridized carbons (Fsp3) is 0.167. The normalized spacial score (nSPS) is 10.3. The lowest BCUT2D eigenvalue weighted by Crippen LogP contribution is -2.14. The molecular weight excluding hydrogens is 336 g/mol. The third-order valence-corrected chi connectivity index (χ3v) is 4.18. The molecule has 0 bridgehead atoms. The maximum Gasteiger partial charge on any atom is 0.230 e. The highest BCUT2D eigenvalue weighted by Gasteiger charge is 2.09. The number of ether oxygens (including phenoxy) is 1. The van der Waals surface area contributed by atoms with Crippen LogP contribution >= 0.6 is 11.3 Å². The van der Waals surface area contributed by atoms with Crippen LogP contribution in [0.3, 0.4) is 0 Å². The number of anilines is 3. The van der Waals surface area contributed by atoms with Crippen molar-refractivity contribution in [3.05, 3.63) is 59.2 Å². The summed E-state index contributed by atoms with van der Waals surface area (Å²) in [6.45, 7) is 1.93. The molecule has 0 aliphatic heterocycles. The van der Waals surface area contributed by atoms with Crippen LogP contribution in [0, 0.1) is 6.92 Å². The molecule has 0 unspecified atom stereocenters. The summed E-state index contributed by atoms with van der Waals surface area (Å²) in [7, 11) is 1.59. The molecule has 6 nitrogen and oxygen atoms in total. The number of benzene rings is 1. The third kappa shape index (κ3) is 4.77. The second-order valence-corrected chi connectivity index (χ2v) is 6.25. The Balaban J connectivity index is 1.59. The number of hydrogen-bond donors (Lipinski definition) is 2. The van der Waals surface area contributed by atoms with E-state index in [2.05, 4.69) is 20.6 Å². The Hall–Kier alpha value is -2.93. The summed E-state index contributed by atoms with van der Waals surface area (Å²) < 4.78 is 5.15. The van der Waals surface area contributed by atoms with Crippen molar-refractivity contribution in [1.82, 2.24) is 9.97 Å². The van der Waals surface area contributed by atoms with Crippen LogP contribution in [0.25, 0.3) is 0 Å². The van der Waals surface area contributed by atoms with Crippen molar-refractivity contribution >= 4 is 33.9 Å². The topological polar surface area (TPSA) is 76.1 Å². The molecule has 7 heteroatoms. The Morgan fingerprint density at radius 3 is 2.84 bits per heavy atom. The van der Waals surface area contributed by atoms with E-state index in [1.807, 2.05) is 48.7 Å². The lowest BCUT2D eigenvalue weighted by molar-refractivity contribution is -0.115. The molecule has 1 amide bonds. The molecule has 0 fully saturated rings. The van der Waals surface area contributed by atoms with Gasteiger partial charge in [0.2, 0.25) is 5.91 Å². The first-order valence-electron chi connectivity index (χ1n) is 7.71. The highest BCUT2D eigenvalue weighted by atomic mass is 32.1. The third-order valence-electron chi connectivity index (χ3n) is 3.37. The lowest BCUT2D eigenvalue weighted by Gasteiger charge is -2.06. The average Bonchev–Trinajstić information content (AvgIpc) is 3.01. The van der Waals surface area contributed by atoms with Gasteiger partial charge >= 0.3 is 0 Å². The Bertz CT molecular complexity index is 879. The summed E-state index contributed by atoms with van der Waals surface area (Å²) in [5.41, 5.74) is 2.34. The smallest absolute Gasteiger partial charge is 0.230 e. The van der Waals surface area contributed by atoms with Crippen LogP contribution in [0.2, 0.25) is 0 Å². The molecule has 128 valence electrons. The first kappa shape index (κ1) is 16.9. The molecule has 0 saturated carbocycles. The number of carbonyl (C=O) groups is 1. The molecule has 3 aromatic rings. The molecule has 2 N–H and O–H groups in total.